The Morgan fingerprint density at radius 2 is 1.70 bits per heavy atom. The summed E-state index contributed by atoms with van der Waals surface area (Å²) in [4.78, 5) is 37.0. The first kappa shape index (κ1) is 15.0. The van der Waals surface area contributed by atoms with Gasteiger partial charge in [0.05, 0.1) is 10.9 Å². The molecule has 0 atom stereocenters. The van der Waals surface area contributed by atoms with Gasteiger partial charge in [0.1, 0.15) is 0 Å². The number of rotatable bonds is 2. The summed E-state index contributed by atoms with van der Waals surface area (Å²) in [5.41, 5.74) is 1.16. The van der Waals surface area contributed by atoms with E-state index in [4.69, 9.17) is 0 Å². The number of para-hydroxylation sites is 1. The summed E-state index contributed by atoms with van der Waals surface area (Å²) in [6, 6.07) is 10.5. The molecule has 0 saturated heterocycles. The second-order valence-corrected chi connectivity index (χ2v) is 5.39. The van der Waals surface area contributed by atoms with Crippen LogP contribution in [-0.4, -0.2) is 23.3 Å². The molecule has 23 heavy (non-hydrogen) atoms. The number of benzene rings is 2. The lowest BCUT2D eigenvalue weighted by Crippen LogP contribution is -2.26. The Bertz CT molecular complexity index is 1030. The number of hydrogen-bond donors (Lipinski definition) is 1. The second kappa shape index (κ2) is 5.35. The van der Waals surface area contributed by atoms with Crippen molar-refractivity contribution in [1.29, 1.82) is 0 Å². The van der Waals surface area contributed by atoms with Gasteiger partial charge in [-0.2, -0.15) is 0 Å². The number of hydrogen-bond acceptors (Lipinski definition) is 4. The zero-order chi connectivity index (χ0) is 16.7. The average Bonchev–Trinajstić information content (AvgIpc) is 2.53. The predicted octanol–water partition coefficient (Wildman–Crippen LogP) is 3.06. The summed E-state index contributed by atoms with van der Waals surface area (Å²) in [5, 5.41) is 4.62. The third-order valence-corrected chi connectivity index (χ3v) is 4.00. The summed E-state index contributed by atoms with van der Waals surface area (Å²) in [7, 11) is 1.70. The molecule has 0 bridgehead atoms. The molecule has 0 amide bonds. The fourth-order valence-corrected chi connectivity index (χ4v) is 3.02. The summed E-state index contributed by atoms with van der Waals surface area (Å²) < 4.78 is 1.16. The highest BCUT2D eigenvalue weighted by Gasteiger charge is 2.19. The van der Waals surface area contributed by atoms with E-state index in [1.165, 1.54) is 13.8 Å². The van der Waals surface area contributed by atoms with E-state index in [2.05, 4.69) is 5.32 Å². The molecule has 2 aromatic carbocycles. The summed E-state index contributed by atoms with van der Waals surface area (Å²) in [5.74, 6) is -0.480. The van der Waals surface area contributed by atoms with Crippen molar-refractivity contribution in [3.8, 4) is 0 Å². The lowest BCUT2D eigenvalue weighted by Gasteiger charge is -2.15. The van der Waals surface area contributed by atoms with Crippen molar-refractivity contribution in [2.75, 3.05) is 12.4 Å². The van der Waals surface area contributed by atoms with E-state index in [1.54, 1.807) is 31.3 Å². The first-order valence-corrected chi connectivity index (χ1v) is 7.27. The molecule has 0 unspecified atom stereocenters. The molecule has 0 fully saturated rings. The van der Waals surface area contributed by atoms with Crippen LogP contribution in [0.5, 0.6) is 0 Å². The van der Waals surface area contributed by atoms with Gasteiger partial charge in [0.25, 0.3) is 5.56 Å². The number of pyridine rings is 1. The van der Waals surface area contributed by atoms with Crippen molar-refractivity contribution in [3.63, 3.8) is 0 Å². The SMILES string of the molecule is CNc1ccc(C(C)=O)c2c1c(=O)n(C(C)=O)c1ccccc21. The van der Waals surface area contributed by atoms with E-state index in [1.807, 2.05) is 12.1 Å². The number of carbonyl (C=O) groups excluding carboxylic acids is 2. The van der Waals surface area contributed by atoms with Crippen LogP contribution in [0.3, 0.4) is 0 Å². The van der Waals surface area contributed by atoms with Crippen LogP contribution in [-0.2, 0) is 0 Å². The van der Waals surface area contributed by atoms with Gasteiger partial charge in [-0.25, -0.2) is 4.57 Å². The first-order valence-electron chi connectivity index (χ1n) is 7.27. The number of aromatic nitrogens is 1. The maximum absolute atomic E-state index is 12.9. The molecule has 0 radical (unpaired) electrons. The molecular formula is C18H16N2O3. The number of Topliss-reactive ketones (excluding diaryl/α,β-unsaturated/α-hetero) is 1. The minimum Gasteiger partial charge on any atom is -0.387 e. The van der Waals surface area contributed by atoms with Crippen molar-refractivity contribution in [2.45, 2.75) is 13.8 Å². The molecule has 3 rings (SSSR count). The maximum atomic E-state index is 12.9. The standard InChI is InChI=1S/C18H16N2O3/c1-10(21)12-8-9-14(19-3)17-16(12)13-6-4-5-7-15(13)20(11(2)22)18(17)23/h4-9,19H,1-3H3. The number of fused-ring (bicyclic) bond motifs is 3. The lowest BCUT2D eigenvalue weighted by atomic mass is 9.97. The average molecular weight is 308 g/mol. The highest BCUT2D eigenvalue weighted by atomic mass is 16.2. The molecule has 5 heteroatoms. The largest absolute Gasteiger partial charge is 0.387 e. The number of carbonyl (C=O) groups is 2. The molecule has 1 heterocycles. The van der Waals surface area contributed by atoms with E-state index < -0.39 is 5.56 Å². The van der Waals surface area contributed by atoms with Crippen LogP contribution < -0.4 is 10.9 Å². The predicted molar refractivity (Wildman–Crippen MR) is 91.6 cm³/mol. The third kappa shape index (κ3) is 2.12. The Balaban J connectivity index is 2.75. The zero-order valence-electron chi connectivity index (χ0n) is 13.1. The Kier molecular flexibility index (Phi) is 3.48. The quantitative estimate of drug-likeness (QED) is 0.583. The van der Waals surface area contributed by atoms with Crippen molar-refractivity contribution in [2.24, 2.45) is 0 Å². The topological polar surface area (TPSA) is 68.2 Å². The normalized spacial score (nSPS) is 10.9. The molecule has 0 aliphatic carbocycles. The fourth-order valence-electron chi connectivity index (χ4n) is 3.02. The Hall–Kier alpha value is -2.95. The molecule has 0 saturated carbocycles. The third-order valence-electron chi connectivity index (χ3n) is 4.00. The van der Waals surface area contributed by atoms with Crippen LogP contribution in [0, 0.1) is 0 Å². The second-order valence-electron chi connectivity index (χ2n) is 5.39. The van der Waals surface area contributed by atoms with Crippen molar-refractivity contribution in [1.82, 2.24) is 4.57 Å². The molecule has 116 valence electrons. The van der Waals surface area contributed by atoms with E-state index >= 15 is 0 Å². The van der Waals surface area contributed by atoms with Crippen LogP contribution in [0.25, 0.3) is 21.7 Å². The van der Waals surface area contributed by atoms with Crippen LogP contribution in [0.4, 0.5) is 5.69 Å². The van der Waals surface area contributed by atoms with Gasteiger partial charge in [0.15, 0.2) is 5.78 Å². The van der Waals surface area contributed by atoms with E-state index in [-0.39, 0.29) is 11.7 Å². The van der Waals surface area contributed by atoms with Crippen LogP contribution in [0.2, 0.25) is 0 Å². The molecule has 1 aromatic heterocycles. The minimum atomic E-state index is -0.418. The molecule has 3 aromatic rings. The fraction of sp³-hybridized carbons (Fsp3) is 0.167. The number of ketones is 1. The molecule has 5 nitrogen and oxygen atoms in total. The van der Waals surface area contributed by atoms with Gasteiger partial charge >= 0.3 is 0 Å². The molecule has 0 aliphatic heterocycles. The van der Waals surface area contributed by atoms with Crippen molar-refractivity contribution >= 4 is 39.1 Å². The van der Waals surface area contributed by atoms with Crippen LogP contribution in [0.15, 0.2) is 41.2 Å². The maximum Gasteiger partial charge on any atom is 0.267 e. The van der Waals surface area contributed by atoms with E-state index in [0.29, 0.717) is 32.9 Å². The zero-order valence-corrected chi connectivity index (χ0v) is 13.1. The van der Waals surface area contributed by atoms with Gasteiger partial charge in [-0.1, -0.05) is 18.2 Å². The van der Waals surface area contributed by atoms with Gasteiger partial charge in [0, 0.05) is 36.0 Å². The summed E-state index contributed by atoms with van der Waals surface area (Å²) in [6.45, 7) is 2.83. The number of nitrogens with one attached hydrogen (secondary N) is 1. The lowest BCUT2D eigenvalue weighted by molar-refractivity contribution is 0.0937. The highest BCUT2D eigenvalue weighted by molar-refractivity contribution is 6.20. The Labute approximate surface area is 132 Å². The Morgan fingerprint density at radius 1 is 1.00 bits per heavy atom. The van der Waals surface area contributed by atoms with E-state index in [9.17, 15) is 14.4 Å². The van der Waals surface area contributed by atoms with E-state index in [0.717, 1.165) is 4.57 Å². The first-order chi connectivity index (χ1) is 11.0. The molecule has 0 aliphatic rings. The van der Waals surface area contributed by atoms with Crippen molar-refractivity contribution < 1.29 is 9.59 Å². The number of nitrogens with zero attached hydrogens (tertiary/aromatic N) is 1. The van der Waals surface area contributed by atoms with Gasteiger partial charge < -0.3 is 5.32 Å². The Morgan fingerprint density at radius 3 is 2.30 bits per heavy atom. The summed E-state index contributed by atoms with van der Waals surface area (Å²) in [6.07, 6.45) is 0. The summed E-state index contributed by atoms with van der Waals surface area (Å²) >= 11 is 0. The number of anilines is 1. The smallest absolute Gasteiger partial charge is 0.267 e. The molecule has 0 spiro atoms. The van der Waals surface area contributed by atoms with Crippen LogP contribution >= 0.6 is 0 Å². The molecule has 1 N–H and O–H groups in total. The van der Waals surface area contributed by atoms with Gasteiger partial charge in [0.2, 0.25) is 5.91 Å². The highest BCUT2D eigenvalue weighted by Crippen LogP contribution is 2.31. The van der Waals surface area contributed by atoms with Crippen molar-refractivity contribution in [3.05, 3.63) is 52.3 Å². The minimum absolute atomic E-state index is 0.122. The monoisotopic (exact) mass is 308 g/mol. The molecular weight excluding hydrogens is 292 g/mol. The van der Waals surface area contributed by atoms with Gasteiger partial charge in [-0.3, -0.25) is 14.4 Å². The van der Waals surface area contributed by atoms with Crippen LogP contribution in [0.1, 0.15) is 29.0 Å². The van der Waals surface area contributed by atoms with Gasteiger partial charge in [-0.05, 0) is 25.1 Å². The van der Waals surface area contributed by atoms with Gasteiger partial charge in [-0.15, -0.1) is 0 Å².